The molecule has 0 aliphatic rings. The zero-order valence-corrected chi connectivity index (χ0v) is 9.64. The fraction of sp³-hybridized carbons (Fsp3) is 0.300. The number of aliphatic hydroxyl groups is 1. The second-order valence-electron chi connectivity index (χ2n) is 3.32. The Labute approximate surface area is 101 Å². The number of aromatic carboxylic acids is 1. The minimum Gasteiger partial charge on any atom is -0.478 e. The van der Waals surface area contributed by atoms with Gasteiger partial charge in [-0.1, -0.05) is 12.1 Å². The Balaban J connectivity index is 3.32. The maximum absolute atomic E-state index is 11.2. The molecule has 1 rings (SSSR count). The maximum atomic E-state index is 11.2. The SMILES string of the molecule is CO[B]c1cc(CO)cc([B]OC)c1C(=O)O. The van der Waals surface area contributed by atoms with E-state index in [2.05, 4.69) is 0 Å². The molecule has 0 aliphatic heterocycles. The first-order valence-corrected chi connectivity index (χ1v) is 4.87. The standard InChI is InChI=1S/C10H12B2O5/c1-16-11-7-3-6(5-13)4-8(12-17-2)9(7)10(14)15/h3-4,13H,5H2,1-2H3,(H,14,15). The molecule has 5 nitrogen and oxygen atoms in total. The highest BCUT2D eigenvalue weighted by molar-refractivity contribution is 6.55. The Morgan fingerprint density at radius 1 is 1.24 bits per heavy atom. The van der Waals surface area contributed by atoms with Crippen LogP contribution in [0, 0.1) is 0 Å². The van der Waals surface area contributed by atoms with Crippen molar-refractivity contribution in [3.8, 4) is 0 Å². The fourth-order valence-electron chi connectivity index (χ4n) is 1.53. The molecule has 2 N–H and O–H groups in total. The summed E-state index contributed by atoms with van der Waals surface area (Å²) in [4.78, 5) is 11.2. The van der Waals surface area contributed by atoms with Gasteiger partial charge < -0.3 is 19.5 Å². The summed E-state index contributed by atoms with van der Waals surface area (Å²) in [5.74, 6) is -1.08. The van der Waals surface area contributed by atoms with Crippen molar-refractivity contribution < 1.29 is 24.3 Å². The number of hydrogen-bond acceptors (Lipinski definition) is 4. The summed E-state index contributed by atoms with van der Waals surface area (Å²) in [6.07, 6.45) is 0. The van der Waals surface area contributed by atoms with Crippen molar-refractivity contribution in [2.75, 3.05) is 14.2 Å². The summed E-state index contributed by atoms with van der Waals surface area (Å²) in [5, 5.41) is 18.2. The van der Waals surface area contributed by atoms with E-state index < -0.39 is 5.97 Å². The molecule has 7 heteroatoms. The van der Waals surface area contributed by atoms with Crippen LogP contribution in [0.25, 0.3) is 0 Å². The normalized spacial score (nSPS) is 10.1. The van der Waals surface area contributed by atoms with Gasteiger partial charge in [0.05, 0.1) is 12.2 Å². The van der Waals surface area contributed by atoms with Crippen LogP contribution in [0.1, 0.15) is 15.9 Å². The summed E-state index contributed by atoms with van der Waals surface area (Å²) >= 11 is 0. The number of benzene rings is 1. The van der Waals surface area contributed by atoms with E-state index in [1.165, 1.54) is 29.2 Å². The molecule has 2 radical (unpaired) electrons. The summed E-state index contributed by atoms with van der Waals surface area (Å²) in [6, 6.07) is 3.11. The van der Waals surface area contributed by atoms with Crippen LogP contribution in [0.15, 0.2) is 12.1 Å². The van der Waals surface area contributed by atoms with E-state index >= 15 is 0 Å². The lowest BCUT2D eigenvalue weighted by molar-refractivity contribution is 0.0699. The molecule has 0 fully saturated rings. The van der Waals surface area contributed by atoms with Crippen LogP contribution >= 0.6 is 0 Å². The van der Waals surface area contributed by atoms with Gasteiger partial charge in [-0.3, -0.25) is 0 Å². The molecule has 0 saturated carbocycles. The second-order valence-corrected chi connectivity index (χ2v) is 3.32. The van der Waals surface area contributed by atoms with Gasteiger partial charge in [-0.15, -0.1) is 0 Å². The van der Waals surface area contributed by atoms with Crippen molar-refractivity contribution in [2.45, 2.75) is 6.61 Å². The topological polar surface area (TPSA) is 76.0 Å². The Hall–Kier alpha value is -1.30. The molecule has 0 unspecified atom stereocenters. The van der Waals surface area contributed by atoms with Gasteiger partial charge in [0.1, 0.15) is 0 Å². The van der Waals surface area contributed by atoms with Gasteiger partial charge in [0, 0.05) is 14.2 Å². The molecular formula is C10H12B2O5. The Kier molecular flexibility index (Phi) is 5.21. The number of aliphatic hydroxyl groups excluding tert-OH is 1. The van der Waals surface area contributed by atoms with Crippen molar-refractivity contribution in [1.82, 2.24) is 0 Å². The fourth-order valence-corrected chi connectivity index (χ4v) is 1.53. The van der Waals surface area contributed by atoms with Crippen LogP contribution in [0.4, 0.5) is 0 Å². The lowest BCUT2D eigenvalue weighted by atomic mass is 9.73. The highest BCUT2D eigenvalue weighted by atomic mass is 16.4. The van der Waals surface area contributed by atoms with Crippen molar-refractivity contribution >= 4 is 31.9 Å². The maximum Gasteiger partial charge on any atom is 0.334 e. The van der Waals surface area contributed by atoms with Gasteiger partial charge >= 0.3 is 20.9 Å². The largest absolute Gasteiger partial charge is 0.478 e. The first-order valence-electron chi connectivity index (χ1n) is 4.87. The Morgan fingerprint density at radius 2 is 1.71 bits per heavy atom. The van der Waals surface area contributed by atoms with Gasteiger partial charge in [0.15, 0.2) is 0 Å². The van der Waals surface area contributed by atoms with Crippen LogP contribution in [0.2, 0.25) is 0 Å². The number of hydrogen-bond donors (Lipinski definition) is 2. The van der Waals surface area contributed by atoms with Gasteiger partial charge in [0.2, 0.25) is 0 Å². The molecule has 0 amide bonds. The lowest BCUT2D eigenvalue weighted by Gasteiger charge is -2.11. The highest BCUT2D eigenvalue weighted by Gasteiger charge is 2.18. The van der Waals surface area contributed by atoms with E-state index in [0.29, 0.717) is 16.5 Å². The molecule has 0 aromatic heterocycles. The Morgan fingerprint density at radius 3 is 2.00 bits per heavy atom. The third kappa shape index (κ3) is 3.33. The van der Waals surface area contributed by atoms with Gasteiger partial charge in [-0.05, 0) is 16.5 Å². The van der Waals surface area contributed by atoms with E-state index in [1.807, 2.05) is 0 Å². The van der Waals surface area contributed by atoms with E-state index in [1.54, 1.807) is 12.1 Å². The van der Waals surface area contributed by atoms with Crippen LogP contribution < -0.4 is 10.9 Å². The quantitative estimate of drug-likeness (QED) is 0.595. The van der Waals surface area contributed by atoms with Crippen LogP contribution in [-0.4, -0.2) is 45.4 Å². The van der Waals surface area contributed by atoms with Crippen molar-refractivity contribution in [3.63, 3.8) is 0 Å². The Bertz CT molecular complexity index is 381. The van der Waals surface area contributed by atoms with Crippen molar-refractivity contribution in [3.05, 3.63) is 23.3 Å². The molecule has 0 spiro atoms. The molecule has 0 saturated heterocycles. The zero-order chi connectivity index (χ0) is 12.8. The minimum atomic E-state index is -1.08. The van der Waals surface area contributed by atoms with E-state index in [4.69, 9.17) is 19.5 Å². The summed E-state index contributed by atoms with van der Waals surface area (Å²) in [5.41, 5.74) is 1.43. The molecule has 0 atom stereocenters. The van der Waals surface area contributed by atoms with Gasteiger partial charge in [-0.25, -0.2) is 4.79 Å². The predicted octanol–water partition coefficient (Wildman–Crippen LogP) is -1.34. The predicted molar refractivity (Wildman–Crippen MR) is 64.1 cm³/mol. The van der Waals surface area contributed by atoms with E-state index in [0.717, 1.165) is 0 Å². The summed E-state index contributed by atoms with van der Waals surface area (Å²) in [6.45, 7) is -0.186. The molecule has 17 heavy (non-hydrogen) atoms. The first kappa shape index (κ1) is 13.8. The van der Waals surface area contributed by atoms with E-state index in [9.17, 15) is 4.79 Å². The van der Waals surface area contributed by atoms with Crippen LogP contribution in [-0.2, 0) is 15.9 Å². The third-order valence-electron chi connectivity index (χ3n) is 2.15. The van der Waals surface area contributed by atoms with Crippen LogP contribution in [0.5, 0.6) is 0 Å². The molecule has 0 aliphatic carbocycles. The smallest absolute Gasteiger partial charge is 0.334 e. The minimum absolute atomic E-state index is 0.0749. The highest BCUT2D eigenvalue weighted by Crippen LogP contribution is 2.00. The number of rotatable bonds is 6. The van der Waals surface area contributed by atoms with Gasteiger partial charge in [0.25, 0.3) is 0 Å². The zero-order valence-electron chi connectivity index (χ0n) is 9.64. The first-order chi connectivity index (χ1) is 8.13. The van der Waals surface area contributed by atoms with E-state index in [-0.39, 0.29) is 12.2 Å². The molecule has 1 aromatic rings. The van der Waals surface area contributed by atoms with Crippen molar-refractivity contribution in [2.24, 2.45) is 0 Å². The third-order valence-corrected chi connectivity index (χ3v) is 2.15. The second kappa shape index (κ2) is 6.44. The number of carboxylic acids is 1. The van der Waals surface area contributed by atoms with Crippen molar-refractivity contribution in [1.29, 1.82) is 0 Å². The average Bonchev–Trinajstić information content (AvgIpc) is 2.28. The van der Waals surface area contributed by atoms with Crippen LogP contribution in [0.3, 0.4) is 0 Å². The molecule has 0 bridgehead atoms. The monoisotopic (exact) mass is 234 g/mol. The average molecular weight is 234 g/mol. The summed E-state index contributed by atoms with van der Waals surface area (Å²) < 4.78 is 9.65. The molecular weight excluding hydrogens is 222 g/mol. The molecule has 1 aromatic carbocycles. The number of carbonyl (C=O) groups is 1. The molecule has 88 valence electrons. The van der Waals surface area contributed by atoms with Gasteiger partial charge in [-0.2, -0.15) is 0 Å². The lowest BCUT2D eigenvalue weighted by Crippen LogP contribution is -2.36. The molecule has 0 heterocycles. The summed E-state index contributed by atoms with van der Waals surface area (Å²) in [7, 11) is 5.49. The number of carboxylic acid groups (broad SMARTS) is 1.